The second-order valence-electron chi connectivity index (χ2n) is 5.85. The number of amidine groups is 1. The highest BCUT2D eigenvalue weighted by Crippen LogP contribution is 2.32. The molecule has 0 aliphatic rings. The van der Waals surface area contributed by atoms with Crippen molar-refractivity contribution in [2.45, 2.75) is 17.2 Å². The summed E-state index contributed by atoms with van der Waals surface area (Å²) in [5.74, 6) is 11.7. The highest BCUT2D eigenvalue weighted by molar-refractivity contribution is 7.98. The Labute approximate surface area is 170 Å². The van der Waals surface area contributed by atoms with Gasteiger partial charge in [0.05, 0.1) is 10.6 Å². The van der Waals surface area contributed by atoms with Gasteiger partial charge in [0, 0.05) is 28.7 Å². The summed E-state index contributed by atoms with van der Waals surface area (Å²) in [6, 6.07) is 15.4. The van der Waals surface area contributed by atoms with Gasteiger partial charge in [0.25, 0.3) is 0 Å². The van der Waals surface area contributed by atoms with Crippen LogP contribution in [0.15, 0.2) is 62.8 Å². The van der Waals surface area contributed by atoms with Crippen molar-refractivity contribution in [1.82, 2.24) is 10.4 Å². The van der Waals surface area contributed by atoms with Crippen molar-refractivity contribution < 1.29 is 0 Å². The quantitative estimate of drug-likeness (QED) is 0.162. The molecule has 1 aromatic carbocycles. The molecule has 6 N–H and O–H groups in total. The van der Waals surface area contributed by atoms with E-state index in [2.05, 4.69) is 21.6 Å². The van der Waals surface area contributed by atoms with Crippen molar-refractivity contribution in [3.63, 3.8) is 0 Å². The average molecular weight is 411 g/mol. The van der Waals surface area contributed by atoms with Gasteiger partial charge >= 0.3 is 0 Å². The van der Waals surface area contributed by atoms with E-state index in [1.807, 2.05) is 41.8 Å². The molecule has 0 aliphatic carbocycles. The van der Waals surface area contributed by atoms with E-state index in [4.69, 9.17) is 11.7 Å². The number of hydrogen-bond acceptors (Lipinski definition) is 7. The van der Waals surface area contributed by atoms with Crippen molar-refractivity contribution in [3.05, 3.63) is 74.9 Å². The molecule has 0 unspecified atom stereocenters. The minimum absolute atomic E-state index is 0.225. The van der Waals surface area contributed by atoms with Crippen molar-refractivity contribution in [1.29, 1.82) is 5.26 Å². The number of nitrogens with two attached hydrogens (primary N) is 2. The van der Waals surface area contributed by atoms with E-state index in [9.17, 15) is 10.1 Å². The molecule has 0 bridgehead atoms. The summed E-state index contributed by atoms with van der Waals surface area (Å²) in [7, 11) is 0. The van der Waals surface area contributed by atoms with Crippen LogP contribution in [-0.4, -0.2) is 10.8 Å². The Morgan fingerprint density at radius 1 is 1.29 bits per heavy atom. The second kappa shape index (κ2) is 9.23. The first kappa shape index (κ1) is 19.7. The Kier molecular flexibility index (Phi) is 6.49. The van der Waals surface area contributed by atoms with Crippen molar-refractivity contribution in [2.24, 2.45) is 16.8 Å². The summed E-state index contributed by atoms with van der Waals surface area (Å²) in [6.45, 7) is 0. The van der Waals surface area contributed by atoms with Gasteiger partial charge in [-0.05, 0) is 22.6 Å². The van der Waals surface area contributed by atoms with Gasteiger partial charge in [0.1, 0.15) is 11.9 Å². The minimum atomic E-state index is -0.225. The van der Waals surface area contributed by atoms with Crippen LogP contribution in [0.5, 0.6) is 0 Å². The number of aromatic amines is 1. The van der Waals surface area contributed by atoms with Gasteiger partial charge in [-0.2, -0.15) is 10.4 Å². The molecule has 3 aromatic rings. The van der Waals surface area contributed by atoms with Crippen molar-refractivity contribution >= 4 is 28.9 Å². The fourth-order valence-corrected chi connectivity index (χ4v) is 4.41. The van der Waals surface area contributed by atoms with E-state index < -0.39 is 0 Å². The number of hydrogen-bond donors (Lipinski definition) is 4. The normalized spacial score (nSPS) is 11.2. The monoisotopic (exact) mass is 410 g/mol. The first-order valence-electron chi connectivity index (χ1n) is 8.30. The predicted molar refractivity (Wildman–Crippen MR) is 114 cm³/mol. The zero-order valence-electron chi connectivity index (χ0n) is 14.8. The molecule has 7 nitrogen and oxygen atoms in total. The van der Waals surface area contributed by atoms with Crippen LogP contribution < -0.4 is 22.7 Å². The van der Waals surface area contributed by atoms with Crippen LogP contribution in [0.4, 0.5) is 0 Å². The summed E-state index contributed by atoms with van der Waals surface area (Å²) in [5.41, 5.74) is 5.43. The van der Waals surface area contributed by atoms with Crippen LogP contribution in [0.25, 0.3) is 10.4 Å². The molecular weight excluding hydrogens is 392 g/mol. The van der Waals surface area contributed by atoms with Gasteiger partial charge in [-0.1, -0.05) is 30.3 Å². The SMILES string of the molecule is N#Cc1c(-c2cccs2)cc(=O)[nH]c1SCc1cccc(C/C(=N/N)NN)c1. The minimum Gasteiger partial charge on any atom is -0.322 e. The topological polar surface area (TPSA) is 133 Å². The van der Waals surface area contributed by atoms with Crippen LogP contribution in [-0.2, 0) is 12.2 Å². The second-order valence-corrected chi connectivity index (χ2v) is 7.78. The number of nitrogens with one attached hydrogen (secondary N) is 2. The molecular formula is C19H18N6OS2. The van der Waals surface area contributed by atoms with E-state index in [0.717, 1.165) is 16.0 Å². The average Bonchev–Trinajstić information content (AvgIpc) is 3.25. The van der Waals surface area contributed by atoms with E-state index in [1.54, 1.807) is 0 Å². The van der Waals surface area contributed by atoms with Crippen molar-refractivity contribution in [2.75, 3.05) is 0 Å². The van der Waals surface area contributed by atoms with Gasteiger partial charge in [0.15, 0.2) is 0 Å². The maximum atomic E-state index is 12.1. The van der Waals surface area contributed by atoms with E-state index in [1.165, 1.54) is 29.2 Å². The van der Waals surface area contributed by atoms with Gasteiger partial charge in [0.2, 0.25) is 5.56 Å². The number of nitrogens with zero attached hydrogens (tertiary/aromatic N) is 2. The Morgan fingerprint density at radius 2 is 2.11 bits per heavy atom. The molecule has 3 rings (SSSR count). The maximum absolute atomic E-state index is 12.1. The predicted octanol–water partition coefficient (Wildman–Crippen LogP) is 2.55. The molecule has 28 heavy (non-hydrogen) atoms. The Balaban J connectivity index is 1.84. The summed E-state index contributed by atoms with van der Waals surface area (Å²) in [5, 5.41) is 15.7. The van der Waals surface area contributed by atoms with Crippen LogP contribution in [0.3, 0.4) is 0 Å². The molecule has 0 aliphatic heterocycles. The lowest BCUT2D eigenvalue weighted by Gasteiger charge is -2.09. The van der Waals surface area contributed by atoms with Gasteiger partial charge < -0.3 is 16.3 Å². The lowest BCUT2D eigenvalue weighted by Crippen LogP contribution is -2.32. The number of hydrazine groups is 1. The number of nitriles is 1. The lowest BCUT2D eigenvalue weighted by atomic mass is 10.1. The molecule has 9 heteroatoms. The number of aromatic nitrogens is 1. The van der Waals surface area contributed by atoms with Crippen LogP contribution in [0, 0.1) is 11.3 Å². The Morgan fingerprint density at radius 3 is 2.79 bits per heavy atom. The summed E-state index contributed by atoms with van der Waals surface area (Å²) >= 11 is 2.92. The molecule has 0 spiro atoms. The molecule has 0 atom stereocenters. The largest absolute Gasteiger partial charge is 0.322 e. The van der Waals surface area contributed by atoms with E-state index in [-0.39, 0.29) is 5.56 Å². The summed E-state index contributed by atoms with van der Waals surface area (Å²) in [6.07, 6.45) is 0.486. The third-order valence-electron chi connectivity index (χ3n) is 3.98. The van der Waals surface area contributed by atoms with Crippen LogP contribution in [0.1, 0.15) is 16.7 Å². The third kappa shape index (κ3) is 4.61. The molecule has 0 radical (unpaired) electrons. The number of thiophene rings is 1. The Bertz CT molecular complexity index is 1080. The molecule has 0 amide bonds. The van der Waals surface area contributed by atoms with Gasteiger partial charge in [-0.3, -0.25) is 4.79 Å². The highest BCUT2D eigenvalue weighted by atomic mass is 32.2. The van der Waals surface area contributed by atoms with Gasteiger partial charge in [-0.25, -0.2) is 5.84 Å². The molecule has 0 saturated carbocycles. The fourth-order valence-electron chi connectivity index (χ4n) is 2.69. The summed E-state index contributed by atoms with van der Waals surface area (Å²) in [4.78, 5) is 15.8. The lowest BCUT2D eigenvalue weighted by molar-refractivity contribution is 0.967. The van der Waals surface area contributed by atoms with E-state index >= 15 is 0 Å². The zero-order chi connectivity index (χ0) is 19.9. The maximum Gasteiger partial charge on any atom is 0.249 e. The molecule has 2 aromatic heterocycles. The highest BCUT2D eigenvalue weighted by Gasteiger charge is 2.14. The first-order chi connectivity index (χ1) is 13.6. The van der Waals surface area contributed by atoms with E-state index in [0.29, 0.717) is 34.2 Å². The fraction of sp³-hybridized carbons (Fsp3) is 0.105. The number of benzene rings is 1. The number of rotatable bonds is 6. The number of H-pyrrole nitrogens is 1. The zero-order valence-corrected chi connectivity index (χ0v) is 16.4. The van der Waals surface area contributed by atoms with Crippen LogP contribution in [0.2, 0.25) is 0 Å². The number of thioether (sulfide) groups is 1. The third-order valence-corrected chi connectivity index (χ3v) is 5.95. The number of hydrazone groups is 1. The van der Waals surface area contributed by atoms with Crippen LogP contribution >= 0.6 is 23.1 Å². The smallest absolute Gasteiger partial charge is 0.249 e. The van der Waals surface area contributed by atoms with Crippen molar-refractivity contribution in [3.8, 4) is 16.5 Å². The standard InChI is InChI=1S/C19H18N6OS2/c20-10-15-14(16-5-2-6-27-16)9-18(26)23-19(15)28-11-13-4-1-3-12(7-13)8-17(24-21)25-22/h1-7,9H,8,11,21-22H2,(H,23,26)(H,24,25). The van der Waals surface area contributed by atoms with Gasteiger partial charge in [-0.15, -0.1) is 23.1 Å². The molecule has 142 valence electrons. The Hall–Kier alpha value is -3.06. The summed E-state index contributed by atoms with van der Waals surface area (Å²) < 4.78 is 0. The molecule has 0 saturated heterocycles. The molecule has 2 heterocycles. The molecule has 0 fully saturated rings. The first-order valence-corrected chi connectivity index (χ1v) is 10.2. The number of pyridine rings is 1.